The van der Waals surface area contributed by atoms with Crippen molar-refractivity contribution in [2.75, 3.05) is 26.2 Å². The molecule has 1 heterocycles. The summed E-state index contributed by atoms with van der Waals surface area (Å²) in [7, 11) is -3.39. The number of hydrogen-bond donors (Lipinski definition) is 0. The smallest absolute Gasteiger partial charge is 0.236 e. The summed E-state index contributed by atoms with van der Waals surface area (Å²) in [6, 6.07) is 11.4. The van der Waals surface area contributed by atoms with Gasteiger partial charge >= 0.3 is 0 Å². The fraction of sp³-hybridized carbons (Fsp3) is 0.400. The van der Waals surface area contributed by atoms with Gasteiger partial charge in [-0.25, -0.2) is 8.42 Å². The summed E-state index contributed by atoms with van der Waals surface area (Å²) in [4.78, 5) is 1.99. The van der Waals surface area contributed by atoms with E-state index >= 15 is 0 Å². The Morgan fingerprint density at radius 3 is 2.38 bits per heavy atom. The van der Waals surface area contributed by atoms with Gasteiger partial charge in [0.15, 0.2) is 0 Å². The van der Waals surface area contributed by atoms with E-state index in [2.05, 4.69) is 6.07 Å². The minimum absolute atomic E-state index is 0.172. The molecule has 1 aromatic carbocycles. The molecule has 0 aliphatic carbocycles. The van der Waals surface area contributed by atoms with E-state index in [1.165, 1.54) is 9.71 Å². The fourth-order valence-electron chi connectivity index (χ4n) is 2.24. The largest absolute Gasteiger partial charge is 0.286 e. The van der Waals surface area contributed by atoms with E-state index in [-0.39, 0.29) is 6.04 Å². The van der Waals surface area contributed by atoms with Crippen molar-refractivity contribution in [1.29, 1.82) is 5.26 Å². The summed E-state index contributed by atoms with van der Waals surface area (Å²) in [6.45, 7) is 3.86. The van der Waals surface area contributed by atoms with E-state index in [4.69, 9.17) is 5.26 Å². The first-order chi connectivity index (χ1) is 10.0. The van der Waals surface area contributed by atoms with Crippen LogP contribution in [0.3, 0.4) is 0 Å². The van der Waals surface area contributed by atoms with Crippen LogP contribution in [0.25, 0.3) is 6.08 Å². The van der Waals surface area contributed by atoms with Gasteiger partial charge in [0.25, 0.3) is 0 Å². The molecule has 0 radical (unpaired) electrons. The monoisotopic (exact) mass is 305 g/mol. The van der Waals surface area contributed by atoms with Crippen molar-refractivity contribution in [2.45, 2.75) is 13.0 Å². The lowest BCUT2D eigenvalue weighted by molar-refractivity contribution is 0.170. The topological polar surface area (TPSA) is 64.4 Å². The first kappa shape index (κ1) is 15.7. The predicted molar refractivity (Wildman–Crippen MR) is 82.6 cm³/mol. The van der Waals surface area contributed by atoms with Gasteiger partial charge in [0.1, 0.15) is 0 Å². The molecule has 6 heteroatoms. The molecule has 0 unspecified atom stereocenters. The van der Waals surface area contributed by atoms with E-state index in [1.807, 2.05) is 42.2 Å². The van der Waals surface area contributed by atoms with Crippen LogP contribution in [0.1, 0.15) is 12.5 Å². The first-order valence-corrected chi connectivity index (χ1v) is 8.40. The Bertz CT molecular complexity index is 627. The average molecular weight is 305 g/mol. The molecule has 1 saturated heterocycles. The van der Waals surface area contributed by atoms with Gasteiger partial charge < -0.3 is 0 Å². The molecule has 1 fully saturated rings. The summed E-state index contributed by atoms with van der Waals surface area (Å²) < 4.78 is 26.0. The maximum Gasteiger partial charge on any atom is 0.236 e. The van der Waals surface area contributed by atoms with Crippen LogP contribution in [0, 0.1) is 11.3 Å². The molecule has 0 aromatic heterocycles. The van der Waals surface area contributed by atoms with E-state index in [9.17, 15) is 8.42 Å². The molecular weight excluding hydrogens is 286 g/mol. The van der Waals surface area contributed by atoms with Crippen molar-refractivity contribution >= 4 is 16.1 Å². The van der Waals surface area contributed by atoms with Gasteiger partial charge in [0.2, 0.25) is 10.0 Å². The molecule has 0 bridgehead atoms. The number of benzene rings is 1. The van der Waals surface area contributed by atoms with Crippen LogP contribution < -0.4 is 0 Å². The van der Waals surface area contributed by atoms with Crippen molar-refractivity contribution in [1.82, 2.24) is 9.21 Å². The highest BCUT2D eigenvalue weighted by Gasteiger charge is 2.26. The minimum atomic E-state index is -3.39. The van der Waals surface area contributed by atoms with Gasteiger partial charge in [0.05, 0.1) is 12.1 Å². The Kier molecular flexibility index (Phi) is 5.12. The zero-order valence-corrected chi connectivity index (χ0v) is 12.8. The molecule has 0 N–H and O–H groups in total. The van der Waals surface area contributed by atoms with Gasteiger partial charge in [0, 0.05) is 31.6 Å². The van der Waals surface area contributed by atoms with Gasteiger partial charge in [-0.1, -0.05) is 30.3 Å². The summed E-state index contributed by atoms with van der Waals surface area (Å²) >= 11 is 0. The summed E-state index contributed by atoms with van der Waals surface area (Å²) in [6.07, 6.45) is 1.61. The summed E-state index contributed by atoms with van der Waals surface area (Å²) in [5.41, 5.74) is 0.859. The van der Waals surface area contributed by atoms with Gasteiger partial charge in [-0.15, -0.1) is 0 Å². The molecule has 1 aromatic rings. The SMILES string of the molecule is C[C@H](C#N)N1CCN(S(=O)(=O)/C=C/c2ccccc2)CC1. The number of nitrogens with zero attached hydrogens (tertiary/aromatic N) is 3. The Morgan fingerprint density at radius 2 is 1.81 bits per heavy atom. The quantitative estimate of drug-likeness (QED) is 0.846. The van der Waals surface area contributed by atoms with Crippen LogP contribution in [-0.4, -0.2) is 49.8 Å². The highest BCUT2D eigenvalue weighted by Crippen LogP contribution is 2.12. The highest BCUT2D eigenvalue weighted by atomic mass is 32.2. The molecular formula is C15H19N3O2S. The number of nitriles is 1. The Labute approximate surface area is 126 Å². The summed E-state index contributed by atoms with van der Waals surface area (Å²) in [5.74, 6) is 0. The van der Waals surface area contributed by atoms with Crippen LogP contribution in [0.4, 0.5) is 0 Å². The molecule has 0 saturated carbocycles. The number of rotatable bonds is 4. The van der Waals surface area contributed by atoms with Crippen LogP contribution >= 0.6 is 0 Å². The number of hydrogen-bond acceptors (Lipinski definition) is 4. The molecule has 112 valence electrons. The second kappa shape index (κ2) is 6.85. The second-order valence-corrected chi connectivity index (χ2v) is 6.82. The van der Waals surface area contributed by atoms with Crippen molar-refractivity contribution in [3.05, 3.63) is 41.3 Å². The second-order valence-electron chi connectivity index (χ2n) is 5.00. The lowest BCUT2D eigenvalue weighted by atomic mass is 10.2. The van der Waals surface area contributed by atoms with Gasteiger partial charge in [-0.05, 0) is 18.6 Å². The minimum Gasteiger partial charge on any atom is -0.286 e. The van der Waals surface area contributed by atoms with Crippen molar-refractivity contribution in [2.24, 2.45) is 0 Å². The maximum atomic E-state index is 12.3. The normalized spacial score (nSPS) is 19.4. The summed E-state index contributed by atoms with van der Waals surface area (Å²) in [5, 5.41) is 10.1. The van der Waals surface area contributed by atoms with Crippen molar-refractivity contribution in [3.8, 4) is 6.07 Å². The molecule has 5 nitrogen and oxygen atoms in total. The fourth-order valence-corrected chi connectivity index (χ4v) is 3.42. The molecule has 2 rings (SSSR count). The Morgan fingerprint density at radius 1 is 1.19 bits per heavy atom. The van der Waals surface area contributed by atoms with E-state index in [0.29, 0.717) is 26.2 Å². The molecule has 0 spiro atoms. The van der Waals surface area contributed by atoms with Gasteiger partial charge in [-0.2, -0.15) is 9.57 Å². The van der Waals surface area contributed by atoms with E-state index in [1.54, 1.807) is 6.08 Å². The third-order valence-electron chi connectivity index (χ3n) is 3.60. The van der Waals surface area contributed by atoms with Crippen LogP contribution in [0.15, 0.2) is 35.7 Å². The Balaban J connectivity index is 1.99. The number of sulfonamides is 1. The number of piperazine rings is 1. The Hall–Kier alpha value is -1.68. The zero-order chi connectivity index (χ0) is 15.3. The first-order valence-electron chi connectivity index (χ1n) is 6.90. The third kappa shape index (κ3) is 4.14. The van der Waals surface area contributed by atoms with Crippen LogP contribution in [0.5, 0.6) is 0 Å². The predicted octanol–water partition coefficient (Wildman–Crippen LogP) is 1.52. The molecule has 1 aliphatic heterocycles. The lowest BCUT2D eigenvalue weighted by Gasteiger charge is -2.34. The van der Waals surface area contributed by atoms with Crippen molar-refractivity contribution in [3.63, 3.8) is 0 Å². The standard InChI is InChI=1S/C15H19N3O2S/c1-14(13-16)17-8-10-18(11-9-17)21(19,20)12-7-15-5-3-2-4-6-15/h2-7,12,14H,8-11H2,1H3/b12-7+/t14-/m1/s1. The van der Waals surface area contributed by atoms with Crippen LogP contribution in [0.2, 0.25) is 0 Å². The molecule has 0 amide bonds. The van der Waals surface area contributed by atoms with Crippen molar-refractivity contribution < 1.29 is 8.42 Å². The average Bonchev–Trinajstić information content (AvgIpc) is 2.53. The molecule has 1 aliphatic rings. The lowest BCUT2D eigenvalue weighted by Crippen LogP contribution is -2.50. The zero-order valence-electron chi connectivity index (χ0n) is 12.0. The maximum absolute atomic E-state index is 12.3. The van der Waals surface area contributed by atoms with Gasteiger partial charge in [-0.3, -0.25) is 4.90 Å². The van der Waals surface area contributed by atoms with E-state index < -0.39 is 10.0 Å². The molecule has 1 atom stereocenters. The van der Waals surface area contributed by atoms with Crippen LogP contribution in [-0.2, 0) is 10.0 Å². The third-order valence-corrected chi connectivity index (χ3v) is 5.16. The molecule has 21 heavy (non-hydrogen) atoms. The highest BCUT2D eigenvalue weighted by molar-refractivity contribution is 7.92. The van der Waals surface area contributed by atoms with E-state index in [0.717, 1.165) is 5.56 Å².